The first-order valence-corrected chi connectivity index (χ1v) is 5.92. The highest BCUT2D eigenvalue weighted by molar-refractivity contribution is 5.68. The van der Waals surface area contributed by atoms with E-state index in [0.29, 0.717) is 19.5 Å². The van der Waals surface area contributed by atoms with Gasteiger partial charge in [0, 0.05) is 30.0 Å². The molecule has 0 aromatic rings. The van der Waals surface area contributed by atoms with Crippen LogP contribution in [0.1, 0.15) is 27.2 Å². The fourth-order valence-corrected chi connectivity index (χ4v) is 1.91. The largest absolute Gasteiger partial charge is 0.444 e. The molecule has 1 aliphatic heterocycles. The van der Waals surface area contributed by atoms with E-state index in [2.05, 4.69) is 10.0 Å². The average Bonchev–Trinajstić information content (AvgIpc) is 2.69. The number of amides is 1. The molecule has 1 amide bonds. The summed E-state index contributed by atoms with van der Waals surface area (Å²) in [4.78, 5) is 16.1. The van der Waals surface area contributed by atoms with E-state index in [0.717, 1.165) is 0 Å². The van der Waals surface area contributed by atoms with Crippen molar-refractivity contribution in [2.24, 2.45) is 10.5 Å². The molecule has 1 fully saturated rings. The number of rotatable bonds is 3. The van der Waals surface area contributed by atoms with E-state index in [1.807, 2.05) is 0 Å². The molecule has 0 unspecified atom stereocenters. The molecule has 0 spiro atoms. The standard InChI is InChI=1S/C11H20N4O3/c1-10(2,3)18-9(17)15-5-4-11(7-15,8-16)6-13-14-12/h16H,4-8H2,1-3H3/t11-/m1/s1. The summed E-state index contributed by atoms with van der Waals surface area (Å²) in [6.07, 6.45) is 0.223. The molecule has 1 aliphatic rings. The number of carbonyl (C=O) groups excluding carboxylic acids is 1. The molecule has 1 saturated heterocycles. The molecule has 1 N–H and O–H groups in total. The smallest absolute Gasteiger partial charge is 0.410 e. The first-order chi connectivity index (χ1) is 8.32. The van der Waals surface area contributed by atoms with Gasteiger partial charge in [0.2, 0.25) is 0 Å². The summed E-state index contributed by atoms with van der Waals surface area (Å²) in [5.74, 6) is 0. The van der Waals surface area contributed by atoms with Crippen molar-refractivity contribution in [3.63, 3.8) is 0 Å². The maximum absolute atomic E-state index is 11.9. The highest BCUT2D eigenvalue weighted by Gasteiger charge is 2.40. The predicted octanol–water partition coefficient (Wildman–Crippen LogP) is 1.92. The van der Waals surface area contributed by atoms with Gasteiger partial charge in [0.25, 0.3) is 0 Å². The van der Waals surface area contributed by atoms with Gasteiger partial charge in [0.15, 0.2) is 0 Å². The molecule has 1 atom stereocenters. The summed E-state index contributed by atoms with van der Waals surface area (Å²) in [6, 6.07) is 0. The lowest BCUT2D eigenvalue weighted by Crippen LogP contribution is -2.38. The van der Waals surface area contributed by atoms with Crippen LogP contribution in [-0.4, -0.2) is 47.9 Å². The van der Waals surface area contributed by atoms with Crippen molar-refractivity contribution in [3.8, 4) is 0 Å². The lowest BCUT2D eigenvalue weighted by Gasteiger charge is -2.27. The molecule has 1 heterocycles. The van der Waals surface area contributed by atoms with E-state index in [-0.39, 0.29) is 13.2 Å². The van der Waals surface area contributed by atoms with Crippen LogP contribution in [0.4, 0.5) is 4.79 Å². The Morgan fingerprint density at radius 3 is 2.78 bits per heavy atom. The molecule has 102 valence electrons. The van der Waals surface area contributed by atoms with Gasteiger partial charge in [0.05, 0.1) is 6.61 Å². The van der Waals surface area contributed by atoms with Crippen molar-refractivity contribution >= 4 is 6.09 Å². The van der Waals surface area contributed by atoms with Gasteiger partial charge in [-0.05, 0) is 32.7 Å². The minimum atomic E-state index is -0.535. The zero-order chi connectivity index (χ0) is 13.8. The Labute approximate surface area is 106 Å². The van der Waals surface area contributed by atoms with Crippen LogP contribution >= 0.6 is 0 Å². The first kappa shape index (κ1) is 14.6. The molecule has 0 radical (unpaired) electrons. The first-order valence-electron chi connectivity index (χ1n) is 5.92. The van der Waals surface area contributed by atoms with E-state index in [9.17, 15) is 9.90 Å². The quantitative estimate of drug-likeness (QED) is 0.474. The molecule has 1 rings (SSSR count). The zero-order valence-electron chi connectivity index (χ0n) is 11.1. The lowest BCUT2D eigenvalue weighted by molar-refractivity contribution is 0.0258. The number of aliphatic hydroxyl groups is 1. The van der Waals surface area contributed by atoms with Gasteiger partial charge in [-0.15, -0.1) is 0 Å². The van der Waals surface area contributed by atoms with Crippen LogP contribution in [0.5, 0.6) is 0 Å². The Bertz CT molecular complexity index is 360. The second-order valence-corrected chi connectivity index (χ2v) is 5.70. The summed E-state index contributed by atoms with van der Waals surface area (Å²) < 4.78 is 5.27. The molecule has 0 aromatic carbocycles. The highest BCUT2D eigenvalue weighted by atomic mass is 16.6. The summed E-state index contributed by atoms with van der Waals surface area (Å²) in [6.45, 7) is 6.37. The monoisotopic (exact) mass is 256 g/mol. The number of hydrogen-bond donors (Lipinski definition) is 1. The molecule has 0 bridgehead atoms. The van der Waals surface area contributed by atoms with Gasteiger partial charge in [-0.2, -0.15) is 0 Å². The normalized spacial score (nSPS) is 23.7. The number of aliphatic hydroxyl groups excluding tert-OH is 1. The minimum absolute atomic E-state index is 0.106. The Balaban J connectivity index is 2.63. The van der Waals surface area contributed by atoms with E-state index in [1.165, 1.54) is 0 Å². The van der Waals surface area contributed by atoms with E-state index < -0.39 is 17.1 Å². The van der Waals surface area contributed by atoms with Crippen molar-refractivity contribution in [2.45, 2.75) is 32.8 Å². The molecule has 0 saturated carbocycles. The van der Waals surface area contributed by atoms with E-state index >= 15 is 0 Å². The second-order valence-electron chi connectivity index (χ2n) is 5.70. The van der Waals surface area contributed by atoms with Gasteiger partial charge >= 0.3 is 6.09 Å². The summed E-state index contributed by atoms with van der Waals surface area (Å²) in [7, 11) is 0. The molecule has 18 heavy (non-hydrogen) atoms. The number of likely N-dealkylation sites (tertiary alicyclic amines) is 1. The van der Waals surface area contributed by atoms with Gasteiger partial charge in [-0.3, -0.25) is 0 Å². The summed E-state index contributed by atoms with van der Waals surface area (Å²) in [5, 5.41) is 12.9. The Kier molecular flexibility index (Phi) is 4.43. The van der Waals surface area contributed by atoms with Crippen molar-refractivity contribution in [1.29, 1.82) is 0 Å². The molecule has 7 nitrogen and oxygen atoms in total. The molecule has 0 aromatic heterocycles. The predicted molar refractivity (Wildman–Crippen MR) is 66.0 cm³/mol. The third kappa shape index (κ3) is 3.78. The fraction of sp³-hybridized carbons (Fsp3) is 0.909. The minimum Gasteiger partial charge on any atom is -0.444 e. The Morgan fingerprint density at radius 1 is 1.61 bits per heavy atom. The fourth-order valence-electron chi connectivity index (χ4n) is 1.91. The average molecular weight is 256 g/mol. The molecular formula is C11H20N4O3. The third-order valence-electron chi connectivity index (χ3n) is 2.89. The SMILES string of the molecule is CC(C)(C)OC(=O)N1CC[C@@](CO)(CN=[N+]=[N-])C1. The number of ether oxygens (including phenoxy) is 1. The lowest BCUT2D eigenvalue weighted by atomic mass is 9.88. The van der Waals surface area contributed by atoms with Crippen LogP contribution in [0.2, 0.25) is 0 Å². The topological polar surface area (TPSA) is 98.5 Å². The Morgan fingerprint density at radius 2 is 2.28 bits per heavy atom. The van der Waals surface area contributed by atoms with Crippen LogP contribution in [0.15, 0.2) is 5.11 Å². The van der Waals surface area contributed by atoms with Crippen LogP contribution in [0.3, 0.4) is 0 Å². The number of nitrogens with zero attached hydrogens (tertiary/aromatic N) is 4. The van der Waals surface area contributed by atoms with Gasteiger partial charge in [-0.1, -0.05) is 5.11 Å². The number of azide groups is 1. The van der Waals surface area contributed by atoms with Crippen molar-refractivity contribution < 1.29 is 14.6 Å². The highest BCUT2D eigenvalue weighted by Crippen LogP contribution is 2.31. The van der Waals surface area contributed by atoms with Crippen molar-refractivity contribution in [3.05, 3.63) is 10.4 Å². The van der Waals surface area contributed by atoms with Gasteiger partial charge < -0.3 is 14.7 Å². The Hall–Kier alpha value is -1.46. The van der Waals surface area contributed by atoms with Crippen LogP contribution in [0.25, 0.3) is 10.4 Å². The van der Waals surface area contributed by atoms with Crippen molar-refractivity contribution in [1.82, 2.24) is 4.90 Å². The molecular weight excluding hydrogens is 236 g/mol. The molecule has 7 heteroatoms. The maximum Gasteiger partial charge on any atom is 0.410 e. The van der Waals surface area contributed by atoms with Gasteiger partial charge in [0.1, 0.15) is 5.60 Å². The third-order valence-corrected chi connectivity index (χ3v) is 2.89. The maximum atomic E-state index is 11.9. The van der Waals surface area contributed by atoms with Gasteiger partial charge in [-0.25, -0.2) is 4.79 Å². The second kappa shape index (κ2) is 5.46. The van der Waals surface area contributed by atoms with Crippen LogP contribution in [-0.2, 0) is 4.74 Å². The van der Waals surface area contributed by atoms with E-state index in [1.54, 1.807) is 25.7 Å². The summed E-state index contributed by atoms with van der Waals surface area (Å²) in [5.41, 5.74) is 7.28. The summed E-state index contributed by atoms with van der Waals surface area (Å²) >= 11 is 0. The van der Waals surface area contributed by atoms with Crippen LogP contribution in [0, 0.1) is 5.41 Å². The van der Waals surface area contributed by atoms with Crippen LogP contribution < -0.4 is 0 Å². The molecule has 0 aliphatic carbocycles. The number of hydrogen-bond acceptors (Lipinski definition) is 4. The van der Waals surface area contributed by atoms with Crippen molar-refractivity contribution in [2.75, 3.05) is 26.2 Å². The van der Waals surface area contributed by atoms with E-state index in [4.69, 9.17) is 10.3 Å². The zero-order valence-corrected chi connectivity index (χ0v) is 11.1. The number of carbonyl (C=O) groups is 1.